The van der Waals surface area contributed by atoms with E-state index in [1.807, 2.05) is 26.0 Å². The summed E-state index contributed by atoms with van der Waals surface area (Å²) < 4.78 is 10.9. The second kappa shape index (κ2) is 7.85. The smallest absolute Gasteiger partial charge is 0.327 e. The largest absolute Gasteiger partial charge is 0.493 e. The van der Waals surface area contributed by atoms with Gasteiger partial charge in [-0.15, -0.1) is 0 Å². The predicted octanol–water partition coefficient (Wildman–Crippen LogP) is 2.53. The first-order valence-electron chi connectivity index (χ1n) is 7.95. The highest BCUT2D eigenvalue weighted by Gasteiger charge is 2.33. The molecule has 1 aromatic rings. The number of rotatable bonds is 7. The third kappa shape index (κ3) is 3.94. The van der Waals surface area contributed by atoms with Gasteiger partial charge in [0.15, 0.2) is 11.5 Å². The Bertz CT molecular complexity index is 561. The summed E-state index contributed by atoms with van der Waals surface area (Å²) in [5.74, 6) is 1.09. The van der Waals surface area contributed by atoms with Crippen LogP contribution < -0.4 is 9.47 Å². The minimum Gasteiger partial charge on any atom is -0.493 e. The van der Waals surface area contributed by atoms with Gasteiger partial charge in [-0.25, -0.2) is 4.79 Å². The van der Waals surface area contributed by atoms with Crippen LogP contribution in [0.5, 0.6) is 11.5 Å². The van der Waals surface area contributed by atoms with Crippen LogP contribution in [0.2, 0.25) is 0 Å². The normalized spacial score (nSPS) is 16.5. The Morgan fingerprint density at radius 1 is 1.22 bits per heavy atom. The van der Waals surface area contributed by atoms with Gasteiger partial charge in [-0.3, -0.25) is 9.69 Å². The molecule has 0 N–H and O–H groups in total. The summed E-state index contributed by atoms with van der Waals surface area (Å²) in [5.41, 5.74) is 0. The van der Waals surface area contributed by atoms with E-state index in [9.17, 15) is 9.59 Å². The molecule has 1 fully saturated rings. The molecule has 0 saturated carbocycles. The first-order chi connectivity index (χ1) is 11.1. The lowest BCUT2D eigenvalue weighted by Crippen LogP contribution is -2.55. The summed E-state index contributed by atoms with van der Waals surface area (Å²) in [6.07, 6.45) is 1.23. The van der Waals surface area contributed by atoms with Crippen molar-refractivity contribution in [2.45, 2.75) is 32.7 Å². The number of para-hydroxylation sites is 2. The second-order valence-electron chi connectivity index (χ2n) is 5.53. The molecule has 23 heavy (non-hydrogen) atoms. The van der Waals surface area contributed by atoms with E-state index in [0.717, 1.165) is 6.42 Å². The number of hydrogen-bond donors (Lipinski definition) is 0. The van der Waals surface area contributed by atoms with Gasteiger partial charge in [-0.2, -0.15) is 0 Å². The van der Waals surface area contributed by atoms with Crippen molar-refractivity contribution in [3.05, 3.63) is 24.3 Å². The van der Waals surface area contributed by atoms with Crippen molar-refractivity contribution in [3.63, 3.8) is 0 Å². The number of benzene rings is 1. The Morgan fingerprint density at radius 3 is 2.57 bits per heavy atom. The number of carbonyl (C=O) groups excluding carboxylic acids is 2. The van der Waals surface area contributed by atoms with Crippen LogP contribution in [0, 0.1) is 0 Å². The Labute approximate surface area is 137 Å². The molecule has 1 aliphatic heterocycles. The topological polar surface area (TPSA) is 59.1 Å². The zero-order valence-corrected chi connectivity index (χ0v) is 13.9. The molecule has 1 aromatic carbocycles. The summed E-state index contributed by atoms with van der Waals surface area (Å²) in [5, 5.41) is 0. The van der Waals surface area contributed by atoms with Crippen molar-refractivity contribution in [1.29, 1.82) is 0 Å². The van der Waals surface area contributed by atoms with Crippen LogP contribution in [0.1, 0.15) is 26.7 Å². The SMILES string of the molecule is CCC(C)N1CCC(=O)N(CCOc2ccccc2OC)C1=O. The van der Waals surface area contributed by atoms with Crippen molar-refractivity contribution in [1.82, 2.24) is 9.80 Å². The number of amides is 3. The van der Waals surface area contributed by atoms with Gasteiger partial charge >= 0.3 is 6.03 Å². The van der Waals surface area contributed by atoms with E-state index < -0.39 is 0 Å². The number of ether oxygens (including phenoxy) is 2. The van der Waals surface area contributed by atoms with Crippen LogP contribution in [-0.4, -0.2) is 54.6 Å². The van der Waals surface area contributed by atoms with Crippen LogP contribution in [0.25, 0.3) is 0 Å². The van der Waals surface area contributed by atoms with Crippen molar-refractivity contribution in [3.8, 4) is 11.5 Å². The molecule has 2 rings (SSSR count). The van der Waals surface area contributed by atoms with E-state index in [-0.39, 0.29) is 31.1 Å². The average Bonchev–Trinajstić information content (AvgIpc) is 2.57. The Kier molecular flexibility index (Phi) is 5.84. The average molecular weight is 320 g/mol. The molecule has 1 saturated heterocycles. The van der Waals surface area contributed by atoms with Gasteiger partial charge in [-0.05, 0) is 25.5 Å². The molecule has 0 aromatic heterocycles. The molecule has 126 valence electrons. The molecule has 6 heteroatoms. The van der Waals surface area contributed by atoms with E-state index in [4.69, 9.17) is 9.47 Å². The van der Waals surface area contributed by atoms with E-state index in [0.29, 0.717) is 24.5 Å². The van der Waals surface area contributed by atoms with Crippen LogP contribution in [0.15, 0.2) is 24.3 Å². The number of urea groups is 1. The summed E-state index contributed by atoms with van der Waals surface area (Å²) in [4.78, 5) is 27.5. The molecular formula is C17H24N2O4. The van der Waals surface area contributed by atoms with Gasteiger partial charge in [0.2, 0.25) is 5.91 Å². The lowest BCUT2D eigenvalue weighted by molar-refractivity contribution is -0.131. The first kappa shape index (κ1) is 17.1. The highest BCUT2D eigenvalue weighted by molar-refractivity contribution is 5.96. The van der Waals surface area contributed by atoms with Gasteiger partial charge in [0.25, 0.3) is 0 Å². The minimum absolute atomic E-state index is 0.133. The maximum atomic E-state index is 12.5. The van der Waals surface area contributed by atoms with E-state index in [1.54, 1.807) is 24.1 Å². The van der Waals surface area contributed by atoms with Crippen LogP contribution >= 0.6 is 0 Å². The Morgan fingerprint density at radius 2 is 1.91 bits per heavy atom. The molecular weight excluding hydrogens is 296 g/mol. The minimum atomic E-state index is -0.223. The number of methoxy groups -OCH3 is 1. The summed E-state index contributed by atoms with van der Waals surface area (Å²) in [6, 6.07) is 7.21. The Hall–Kier alpha value is -2.24. The maximum absolute atomic E-state index is 12.5. The monoisotopic (exact) mass is 320 g/mol. The molecule has 1 atom stereocenters. The van der Waals surface area contributed by atoms with Crippen molar-refractivity contribution in [2.24, 2.45) is 0 Å². The summed E-state index contributed by atoms with van der Waals surface area (Å²) in [7, 11) is 1.57. The van der Waals surface area contributed by atoms with Crippen LogP contribution in [-0.2, 0) is 4.79 Å². The van der Waals surface area contributed by atoms with Crippen LogP contribution in [0.3, 0.4) is 0 Å². The quantitative estimate of drug-likeness (QED) is 0.774. The molecule has 1 aliphatic rings. The summed E-state index contributed by atoms with van der Waals surface area (Å²) >= 11 is 0. The molecule has 0 radical (unpaired) electrons. The lowest BCUT2D eigenvalue weighted by Gasteiger charge is -2.37. The molecule has 0 aliphatic carbocycles. The van der Waals surface area contributed by atoms with Gasteiger partial charge < -0.3 is 14.4 Å². The lowest BCUT2D eigenvalue weighted by atomic mass is 10.2. The van der Waals surface area contributed by atoms with E-state index in [2.05, 4.69) is 0 Å². The maximum Gasteiger partial charge on any atom is 0.327 e. The zero-order valence-electron chi connectivity index (χ0n) is 13.9. The fraction of sp³-hybridized carbons (Fsp3) is 0.529. The van der Waals surface area contributed by atoms with Crippen molar-refractivity contribution in [2.75, 3.05) is 26.8 Å². The van der Waals surface area contributed by atoms with E-state index in [1.165, 1.54) is 4.90 Å². The van der Waals surface area contributed by atoms with Gasteiger partial charge in [0.1, 0.15) is 6.61 Å². The molecule has 1 heterocycles. The number of imide groups is 1. The molecule has 3 amide bonds. The highest BCUT2D eigenvalue weighted by Crippen LogP contribution is 2.25. The van der Waals surface area contributed by atoms with Gasteiger partial charge in [0.05, 0.1) is 13.7 Å². The zero-order chi connectivity index (χ0) is 16.8. The Balaban J connectivity index is 1.95. The van der Waals surface area contributed by atoms with Gasteiger partial charge in [0, 0.05) is 19.0 Å². The third-order valence-electron chi connectivity index (χ3n) is 4.11. The van der Waals surface area contributed by atoms with Gasteiger partial charge in [-0.1, -0.05) is 19.1 Å². The summed E-state index contributed by atoms with van der Waals surface area (Å²) in [6.45, 7) is 5.01. The van der Waals surface area contributed by atoms with Crippen LogP contribution in [0.4, 0.5) is 4.79 Å². The van der Waals surface area contributed by atoms with Crippen molar-refractivity contribution < 1.29 is 19.1 Å². The molecule has 1 unspecified atom stereocenters. The molecule has 0 spiro atoms. The van der Waals surface area contributed by atoms with Crippen molar-refractivity contribution >= 4 is 11.9 Å². The standard InChI is InChI=1S/C17H24N2O4/c1-4-13(2)18-10-9-16(20)19(17(18)21)11-12-23-15-8-6-5-7-14(15)22-3/h5-8,13H,4,9-12H2,1-3H3. The van der Waals surface area contributed by atoms with E-state index >= 15 is 0 Å². The number of carbonyl (C=O) groups is 2. The highest BCUT2D eigenvalue weighted by atomic mass is 16.5. The second-order valence-corrected chi connectivity index (χ2v) is 5.53. The third-order valence-corrected chi connectivity index (χ3v) is 4.11. The predicted molar refractivity (Wildman–Crippen MR) is 86.7 cm³/mol. The molecule has 0 bridgehead atoms. The fourth-order valence-electron chi connectivity index (χ4n) is 2.54. The fourth-order valence-corrected chi connectivity index (χ4v) is 2.54. The first-order valence-corrected chi connectivity index (χ1v) is 7.95. The number of nitrogens with zero attached hydrogens (tertiary/aromatic N) is 2. The number of hydrogen-bond acceptors (Lipinski definition) is 4. The molecule has 6 nitrogen and oxygen atoms in total.